The molecular weight excluding hydrogens is 252 g/mol. The summed E-state index contributed by atoms with van der Waals surface area (Å²) >= 11 is 0. The standard InChI is InChI=1S/C15H20N4O/c1-20-15(8-5-9-15)12-16-10-13-11-17-19(18-13)14-6-3-2-4-7-14/h2-4,6-7,11,16H,5,8-10,12H2,1H3. The molecule has 0 radical (unpaired) electrons. The SMILES string of the molecule is COC1(CNCc2cnn(-c3ccccc3)n2)CCC1. The average molecular weight is 272 g/mol. The second kappa shape index (κ2) is 5.73. The third kappa shape index (κ3) is 2.73. The van der Waals surface area contributed by atoms with Crippen LogP contribution in [-0.4, -0.2) is 34.2 Å². The molecule has 0 bridgehead atoms. The Bertz CT molecular complexity index is 543. The van der Waals surface area contributed by atoms with Crippen molar-refractivity contribution in [1.82, 2.24) is 20.3 Å². The molecular formula is C15H20N4O. The number of hydrogen-bond acceptors (Lipinski definition) is 4. The van der Waals surface area contributed by atoms with Crippen LogP contribution in [0.1, 0.15) is 25.0 Å². The van der Waals surface area contributed by atoms with Gasteiger partial charge in [-0.25, -0.2) is 0 Å². The van der Waals surface area contributed by atoms with Crippen molar-refractivity contribution in [3.63, 3.8) is 0 Å². The van der Waals surface area contributed by atoms with Crippen LogP contribution >= 0.6 is 0 Å². The Hall–Kier alpha value is -1.72. The zero-order valence-corrected chi connectivity index (χ0v) is 11.7. The Labute approximate surface area is 118 Å². The number of methoxy groups -OCH3 is 1. The predicted molar refractivity (Wildman–Crippen MR) is 76.7 cm³/mol. The summed E-state index contributed by atoms with van der Waals surface area (Å²) in [5, 5.41) is 12.2. The molecule has 1 aromatic heterocycles. The van der Waals surface area contributed by atoms with E-state index in [1.54, 1.807) is 18.1 Å². The highest BCUT2D eigenvalue weighted by Gasteiger charge is 2.36. The number of hydrogen-bond donors (Lipinski definition) is 1. The molecule has 0 amide bonds. The molecule has 0 spiro atoms. The normalized spacial score (nSPS) is 16.9. The Kier molecular flexibility index (Phi) is 3.80. The molecule has 1 aliphatic carbocycles. The van der Waals surface area contributed by atoms with E-state index in [9.17, 15) is 0 Å². The first-order valence-corrected chi connectivity index (χ1v) is 7.04. The Morgan fingerprint density at radius 1 is 1.30 bits per heavy atom. The summed E-state index contributed by atoms with van der Waals surface area (Å²) < 4.78 is 5.58. The first kappa shape index (κ1) is 13.3. The third-order valence-electron chi connectivity index (χ3n) is 3.98. The Morgan fingerprint density at radius 2 is 2.10 bits per heavy atom. The Balaban J connectivity index is 1.55. The van der Waals surface area contributed by atoms with Gasteiger partial charge in [-0.2, -0.15) is 15.0 Å². The maximum atomic E-state index is 5.58. The molecule has 106 valence electrons. The van der Waals surface area contributed by atoms with Gasteiger partial charge in [-0.15, -0.1) is 0 Å². The van der Waals surface area contributed by atoms with E-state index in [0.29, 0.717) is 0 Å². The fourth-order valence-electron chi connectivity index (χ4n) is 2.50. The number of nitrogens with one attached hydrogen (secondary N) is 1. The number of benzene rings is 1. The van der Waals surface area contributed by atoms with Gasteiger partial charge in [-0.3, -0.25) is 0 Å². The fourth-order valence-corrected chi connectivity index (χ4v) is 2.50. The minimum Gasteiger partial charge on any atom is -0.377 e. The zero-order chi connectivity index (χ0) is 13.8. The molecule has 1 N–H and O–H groups in total. The molecule has 1 heterocycles. The minimum atomic E-state index is 0.0510. The molecule has 0 atom stereocenters. The number of ether oxygens (including phenoxy) is 1. The highest BCUT2D eigenvalue weighted by atomic mass is 16.5. The summed E-state index contributed by atoms with van der Waals surface area (Å²) in [6.45, 7) is 1.60. The molecule has 2 aromatic rings. The van der Waals surface area contributed by atoms with Crippen LogP contribution in [0.2, 0.25) is 0 Å². The van der Waals surface area contributed by atoms with Crippen LogP contribution in [0.15, 0.2) is 36.5 Å². The van der Waals surface area contributed by atoms with Gasteiger partial charge in [0.1, 0.15) is 0 Å². The molecule has 0 saturated heterocycles. The van der Waals surface area contributed by atoms with Crippen LogP contribution in [-0.2, 0) is 11.3 Å². The molecule has 1 aromatic carbocycles. The van der Waals surface area contributed by atoms with E-state index in [-0.39, 0.29) is 5.60 Å². The smallest absolute Gasteiger partial charge is 0.0969 e. The molecule has 3 rings (SSSR count). The predicted octanol–water partition coefficient (Wildman–Crippen LogP) is 1.93. The first-order valence-electron chi connectivity index (χ1n) is 7.04. The van der Waals surface area contributed by atoms with Crippen LogP contribution < -0.4 is 5.32 Å². The van der Waals surface area contributed by atoms with Gasteiger partial charge >= 0.3 is 0 Å². The maximum Gasteiger partial charge on any atom is 0.0969 e. The topological polar surface area (TPSA) is 52.0 Å². The lowest BCUT2D eigenvalue weighted by molar-refractivity contribution is -0.0695. The zero-order valence-electron chi connectivity index (χ0n) is 11.7. The molecule has 5 heteroatoms. The number of para-hydroxylation sites is 1. The molecule has 0 unspecified atom stereocenters. The molecule has 20 heavy (non-hydrogen) atoms. The lowest BCUT2D eigenvalue weighted by atomic mass is 9.80. The van der Waals surface area contributed by atoms with Crippen molar-refractivity contribution in [3.05, 3.63) is 42.2 Å². The Morgan fingerprint density at radius 3 is 2.75 bits per heavy atom. The van der Waals surface area contributed by atoms with Crippen molar-refractivity contribution in [3.8, 4) is 5.69 Å². The summed E-state index contributed by atoms with van der Waals surface area (Å²) in [4.78, 5) is 1.66. The van der Waals surface area contributed by atoms with Gasteiger partial charge in [0.05, 0.1) is 23.2 Å². The van der Waals surface area contributed by atoms with Crippen LogP contribution in [0.25, 0.3) is 5.69 Å². The molecule has 1 fully saturated rings. The summed E-state index contributed by atoms with van der Waals surface area (Å²) in [7, 11) is 1.80. The third-order valence-corrected chi connectivity index (χ3v) is 3.98. The van der Waals surface area contributed by atoms with Crippen molar-refractivity contribution in [2.45, 2.75) is 31.4 Å². The summed E-state index contributed by atoms with van der Waals surface area (Å²) in [5.41, 5.74) is 1.97. The molecule has 5 nitrogen and oxygen atoms in total. The van der Waals surface area contributed by atoms with Crippen molar-refractivity contribution >= 4 is 0 Å². The van der Waals surface area contributed by atoms with Crippen LogP contribution in [0, 0.1) is 0 Å². The first-order chi connectivity index (χ1) is 9.81. The average Bonchev–Trinajstić information content (AvgIpc) is 2.92. The van der Waals surface area contributed by atoms with Crippen molar-refractivity contribution in [2.75, 3.05) is 13.7 Å². The van der Waals surface area contributed by atoms with Crippen LogP contribution in [0.3, 0.4) is 0 Å². The van der Waals surface area contributed by atoms with Crippen molar-refractivity contribution in [2.24, 2.45) is 0 Å². The van der Waals surface area contributed by atoms with Crippen LogP contribution in [0.4, 0.5) is 0 Å². The highest BCUT2D eigenvalue weighted by Crippen LogP contribution is 2.34. The van der Waals surface area contributed by atoms with Gasteiger partial charge in [-0.05, 0) is 31.4 Å². The minimum absolute atomic E-state index is 0.0510. The second-order valence-corrected chi connectivity index (χ2v) is 5.31. The number of aromatic nitrogens is 3. The quantitative estimate of drug-likeness (QED) is 0.873. The number of nitrogens with zero attached hydrogens (tertiary/aromatic N) is 3. The maximum absolute atomic E-state index is 5.58. The highest BCUT2D eigenvalue weighted by molar-refractivity contribution is 5.28. The van der Waals surface area contributed by atoms with E-state index in [1.165, 1.54) is 6.42 Å². The monoisotopic (exact) mass is 272 g/mol. The van der Waals surface area contributed by atoms with Gasteiger partial charge in [-0.1, -0.05) is 18.2 Å². The van der Waals surface area contributed by atoms with E-state index in [0.717, 1.165) is 37.3 Å². The van der Waals surface area contributed by atoms with Crippen molar-refractivity contribution in [1.29, 1.82) is 0 Å². The van der Waals surface area contributed by atoms with Crippen molar-refractivity contribution < 1.29 is 4.74 Å². The van der Waals surface area contributed by atoms with Gasteiger partial charge in [0, 0.05) is 20.2 Å². The van der Waals surface area contributed by atoms with Gasteiger partial charge < -0.3 is 10.1 Å². The van der Waals surface area contributed by atoms with E-state index in [2.05, 4.69) is 15.5 Å². The lowest BCUT2D eigenvalue weighted by Gasteiger charge is -2.40. The van der Waals surface area contributed by atoms with E-state index in [1.807, 2.05) is 30.3 Å². The van der Waals surface area contributed by atoms with Gasteiger partial charge in [0.25, 0.3) is 0 Å². The van der Waals surface area contributed by atoms with Gasteiger partial charge in [0.2, 0.25) is 0 Å². The number of rotatable bonds is 6. The summed E-state index contributed by atoms with van der Waals surface area (Å²) in [5.74, 6) is 0. The van der Waals surface area contributed by atoms with E-state index >= 15 is 0 Å². The largest absolute Gasteiger partial charge is 0.377 e. The molecule has 1 aliphatic rings. The van der Waals surface area contributed by atoms with Gasteiger partial charge in [0.15, 0.2) is 0 Å². The van der Waals surface area contributed by atoms with E-state index in [4.69, 9.17) is 4.74 Å². The fraction of sp³-hybridized carbons (Fsp3) is 0.467. The molecule has 0 aliphatic heterocycles. The summed E-state index contributed by atoms with van der Waals surface area (Å²) in [6, 6.07) is 9.93. The lowest BCUT2D eigenvalue weighted by Crippen LogP contribution is -2.47. The van der Waals surface area contributed by atoms with E-state index < -0.39 is 0 Å². The summed E-state index contributed by atoms with van der Waals surface area (Å²) in [6.07, 6.45) is 5.36. The second-order valence-electron chi connectivity index (χ2n) is 5.31. The molecule has 1 saturated carbocycles. The van der Waals surface area contributed by atoms with Crippen LogP contribution in [0.5, 0.6) is 0 Å².